The molecule has 122 valence electrons. The van der Waals surface area contributed by atoms with Crippen LogP contribution in [0, 0.1) is 11.3 Å². The quantitative estimate of drug-likeness (QED) is 0.640. The minimum Gasteiger partial charge on any atom is -0.465 e. The first-order chi connectivity index (χ1) is 11.7. The van der Waals surface area contributed by atoms with E-state index < -0.39 is 23.5 Å². The van der Waals surface area contributed by atoms with Crippen LogP contribution in [-0.4, -0.2) is 18.5 Å². The van der Waals surface area contributed by atoms with Crippen LogP contribution in [-0.2, 0) is 19.1 Å². The first-order valence-corrected chi connectivity index (χ1v) is 8.19. The Balaban J connectivity index is 1.77. The van der Waals surface area contributed by atoms with Gasteiger partial charge in [0.15, 0.2) is 5.41 Å². The molecule has 0 N–H and O–H groups in total. The maximum atomic E-state index is 12.7. The second-order valence-electron chi connectivity index (χ2n) is 6.24. The summed E-state index contributed by atoms with van der Waals surface area (Å²) < 4.78 is 10.8. The number of carbonyl (C=O) groups is 2. The van der Waals surface area contributed by atoms with Crippen LogP contribution in [0.2, 0.25) is 0 Å². The third-order valence-corrected chi connectivity index (χ3v) is 5.06. The molecule has 0 radical (unpaired) electrons. The fourth-order valence-electron chi connectivity index (χ4n) is 4.02. The predicted octanol–water partition coefficient (Wildman–Crippen LogP) is 3.25. The lowest BCUT2D eigenvalue weighted by molar-refractivity contribution is -0.161. The Morgan fingerprint density at radius 3 is 2.21 bits per heavy atom. The van der Waals surface area contributed by atoms with E-state index in [-0.39, 0.29) is 18.4 Å². The summed E-state index contributed by atoms with van der Waals surface area (Å²) in [7, 11) is 0. The Morgan fingerprint density at radius 2 is 1.62 bits per heavy atom. The van der Waals surface area contributed by atoms with Gasteiger partial charge in [0, 0.05) is 11.8 Å². The zero-order valence-electron chi connectivity index (χ0n) is 13.3. The van der Waals surface area contributed by atoms with Crippen LogP contribution in [0.5, 0.6) is 0 Å². The number of hydrogen-bond donors (Lipinski definition) is 0. The van der Waals surface area contributed by atoms with Gasteiger partial charge in [-0.25, -0.2) is 0 Å². The van der Waals surface area contributed by atoms with Gasteiger partial charge in [-0.05, 0) is 18.1 Å². The van der Waals surface area contributed by atoms with E-state index in [0.29, 0.717) is 0 Å². The summed E-state index contributed by atoms with van der Waals surface area (Å²) >= 11 is 0. The number of hydrogen-bond acceptors (Lipinski definition) is 4. The zero-order valence-corrected chi connectivity index (χ0v) is 13.3. The zero-order chi connectivity index (χ0) is 16.7. The largest absolute Gasteiger partial charge is 0.465 e. The van der Waals surface area contributed by atoms with Gasteiger partial charge in [0.1, 0.15) is 6.10 Å². The molecule has 4 heteroatoms. The standard InChI is InChI=1S/C20H18O4/c1-2-23-18(21)20-15(13-9-5-3-6-10-13)16(20)17(24-19(20)22)14-11-7-4-8-12-14/h3-12,15-17H,2H2,1H3/t15-,16-,17-,20-/m0/s1. The minimum atomic E-state index is -1.20. The summed E-state index contributed by atoms with van der Waals surface area (Å²) in [4.78, 5) is 25.4. The van der Waals surface area contributed by atoms with Crippen LogP contribution in [0.15, 0.2) is 60.7 Å². The van der Waals surface area contributed by atoms with Gasteiger partial charge in [0.2, 0.25) is 0 Å². The van der Waals surface area contributed by atoms with Crippen LogP contribution in [0.25, 0.3) is 0 Å². The van der Waals surface area contributed by atoms with E-state index in [1.807, 2.05) is 60.7 Å². The number of cyclic esters (lactones) is 1. The summed E-state index contributed by atoms with van der Waals surface area (Å²) in [5.41, 5.74) is 0.700. The molecule has 1 saturated carbocycles. The number of esters is 2. The Labute approximate surface area is 140 Å². The van der Waals surface area contributed by atoms with Crippen LogP contribution < -0.4 is 0 Å². The van der Waals surface area contributed by atoms with Gasteiger partial charge in [0.25, 0.3) is 0 Å². The van der Waals surface area contributed by atoms with Crippen molar-refractivity contribution in [2.75, 3.05) is 6.61 Å². The van der Waals surface area contributed by atoms with Gasteiger partial charge in [-0.2, -0.15) is 0 Å². The molecule has 0 amide bonds. The van der Waals surface area contributed by atoms with Crippen LogP contribution >= 0.6 is 0 Å². The van der Waals surface area contributed by atoms with E-state index in [0.717, 1.165) is 11.1 Å². The Morgan fingerprint density at radius 1 is 1.04 bits per heavy atom. The number of rotatable bonds is 4. The lowest BCUT2D eigenvalue weighted by Gasteiger charge is -2.17. The van der Waals surface area contributed by atoms with E-state index in [1.165, 1.54) is 0 Å². The summed E-state index contributed by atoms with van der Waals surface area (Å²) in [6.45, 7) is 2.00. The van der Waals surface area contributed by atoms with Crippen molar-refractivity contribution in [2.45, 2.75) is 18.9 Å². The minimum absolute atomic E-state index is 0.191. The smallest absolute Gasteiger partial charge is 0.325 e. The SMILES string of the molecule is CCOC(=O)[C@@]12C(=O)O[C@@H](c3ccccc3)[C@@H]1[C@@H]2c1ccccc1. The highest BCUT2D eigenvalue weighted by molar-refractivity contribution is 6.08. The van der Waals surface area contributed by atoms with Gasteiger partial charge < -0.3 is 9.47 Å². The lowest BCUT2D eigenvalue weighted by atomic mass is 9.99. The van der Waals surface area contributed by atoms with E-state index in [1.54, 1.807) is 6.92 Å². The molecule has 0 bridgehead atoms. The Bertz CT molecular complexity index is 771. The highest BCUT2D eigenvalue weighted by Crippen LogP contribution is 2.74. The van der Waals surface area contributed by atoms with Gasteiger partial charge in [-0.1, -0.05) is 60.7 Å². The van der Waals surface area contributed by atoms with Crippen molar-refractivity contribution in [3.05, 3.63) is 71.8 Å². The average Bonchev–Trinajstić information content (AvgIpc) is 3.23. The maximum Gasteiger partial charge on any atom is 0.325 e. The molecule has 0 unspecified atom stereocenters. The van der Waals surface area contributed by atoms with E-state index in [2.05, 4.69) is 0 Å². The third kappa shape index (κ3) is 1.92. The molecule has 1 heterocycles. The summed E-state index contributed by atoms with van der Waals surface area (Å²) in [5, 5.41) is 0. The Hall–Kier alpha value is -2.62. The molecule has 24 heavy (non-hydrogen) atoms. The molecule has 1 aliphatic heterocycles. The van der Waals surface area contributed by atoms with Crippen molar-refractivity contribution < 1.29 is 19.1 Å². The molecule has 4 rings (SSSR count). The molecular weight excluding hydrogens is 304 g/mol. The third-order valence-electron chi connectivity index (χ3n) is 5.06. The monoisotopic (exact) mass is 322 g/mol. The maximum absolute atomic E-state index is 12.7. The number of benzene rings is 2. The summed E-state index contributed by atoms with van der Waals surface area (Å²) in [6, 6.07) is 19.3. The normalized spacial score (nSPS) is 30.4. The Kier molecular flexibility index (Phi) is 3.41. The highest BCUT2D eigenvalue weighted by Gasteiger charge is 2.83. The van der Waals surface area contributed by atoms with Gasteiger partial charge in [-0.3, -0.25) is 9.59 Å². The van der Waals surface area contributed by atoms with Crippen molar-refractivity contribution in [1.82, 2.24) is 0 Å². The molecule has 4 atom stereocenters. The number of carbonyl (C=O) groups excluding carboxylic acids is 2. The van der Waals surface area contributed by atoms with Gasteiger partial charge >= 0.3 is 11.9 Å². The van der Waals surface area contributed by atoms with Crippen LogP contribution in [0.1, 0.15) is 30.1 Å². The summed E-state index contributed by atoms with van der Waals surface area (Å²) in [6.07, 6.45) is -0.409. The fraction of sp³-hybridized carbons (Fsp3) is 0.300. The summed E-state index contributed by atoms with van der Waals surface area (Å²) in [5.74, 6) is -1.33. The molecule has 2 fully saturated rings. The molecule has 2 aromatic carbocycles. The predicted molar refractivity (Wildman–Crippen MR) is 87.0 cm³/mol. The van der Waals surface area contributed by atoms with Gasteiger partial charge in [-0.15, -0.1) is 0 Å². The first kappa shape index (κ1) is 14.9. The van der Waals surface area contributed by atoms with Crippen molar-refractivity contribution in [3.63, 3.8) is 0 Å². The van der Waals surface area contributed by atoms with Crippen molar-refractivity contribution in [2.24, 2.45) is 11.3 Å². The van der Waals surface area contributed by atoms with Crippen LogP contribution in [0.3, 0.4) is 0 Å². The fourth-order valence-corrected chi connectivity index (χ4v) is 4.02. The number of ether oxygens (including phenoxy) is 2. The molecular formula is C20H18O4. The second-order valence-corrected chi connectivity index (χ2v) is 6.24. The van der Waals surface area contributed by atoms with Crippen molar-refractivity contribution in [1.29, 1.82) is 0 Å². The molecule has 2 aliphatic rings. The van der Waals surface area contributed by atoms with Crippen molar-refractivity contribution >= 4 is 11.9 Å². The molecule has 4 nitrogen and oxygen atoms in total. The molecule has 0 spiro atoms. The van der Waals surface area contributed by atoms with E-state index in [9.17, 15) is 9.59 Å². The van der Waals surface area contributed by atoms with E-state index >= 15 is 0 Å². The highest BCUT2D eigenvalue weighted by atomic mass is 16.6. The number of fused-ring (bicyclic) bond motifs is 1. The molecule has 2 aromatic rings. The topological polar surface area (TPSA) is 52.6 Å². The average molecular weight is 322 g/mol. The second kappa shape index (κ2) is 5.48. The van der Waals surface area contributed by atoms with Gasteiger partial charge in [0.05, 0.1) is 6.61 Å². The lowest BCUT2D eigenvalue weighted by Crippen LogP contribution is -2.29. The first-order valence-electron chi connectivity index (χ1n) is 8.19. The molecule has 1 saturated heterocycles. The molecule has 1 aliphatic carbocycles. The molecule has 0 aromatic heterocycles. The van der Waals surface area contributed by atoms with Crippen molar-refractivity contribution in [3.8, 4) is 0 Å². The van der Waals surface area contributed by atoms with E-state index in [4.69, 9.17) is 9.47 Å². The van der Waals surface area contributed by atoms with Crippen LogP contribution in [0.4, 0.5) is 0 Å².